The van der Waals surface area contributed by atoms with Crippen LogP contribution < -0.4 is 4.72 Å². The van der Waals surface area contributed by atoms with Crippen molar-refractivity contribution in [3.05, 3.63) is 12.0 Å². The summed E-state index contributed by atoms with van der Waals surface area (Å²) in [5.74, 6) is 0.999. The molecule has 2 N–H and O–H groups in total. The van der Waals surface area contributed by atoms with Crippen molar-refractivity contribution in [3.63, 3.8) is 0 Å². The monoisotopic (exact) mass is 286 g/mol. The van der Waals surface area contributed by atoms with Crippen molar-refractivity contribution < 1.29 is 8.42 Å². The molecule has 0 aliphatic carbocycles. The van der Waals surface area contributed by atoms with Crippen LogP contribution in [0.2, 0.25) is 0 Å². The number of aromatic nitrogens is 2. The highest BCUT2D eigenvalue weighted by atomic mass is 32.2. The van der Waals surface area contributed by atoms with Crippen LogP contribution >= 0.6 is 0 Å². The summed E-state index contributed by atoms with van der Waals surface area (Å²) in [4.78, 5) is 9.11. The first-order valence-corrected chi connectivity index (χ1v) is 8.15. The Balaban J connectivity index is 2.08. The van der Waals surface area contributed by atoms with Crippen LogP contribution in [0.5, 0.6) is 0 Å². The first-order valence-electron chi connectivity index (χ1n) is 6.67. The minimum Gasteiger partial charge on any atom is -0.332 e. The van der Waals surface area contributed by atoms with Crippen LogP contribution in [0.15, 0.2) is 11.2 Å². The van der Waals surface area contributed by atoms with Gasteiger partial charge in [0.15, 0.2) is 5.03 Å². The molecule has 0 bridgehead atoms. The van der Waals surface area contributed by atoms with Crippen molar-refractivity contribution in [1.82, 2.24) is 19.6 Å². The fraction of sp³-hybridized carbons (Fsp3) is 0.750. The maximum Gasteiger partial charge on any atom is 0.257 e. The van der Waals surface area contributed by atoms with Crippen molar-refractivity contribution in [2.45, 2.75) is 37.8 Å². The van der Waals surface area contributed by atoms with E-state index in [0.29, 0.717) is 18.2 Å². The van der Waals surface area contributed by atoms with Gasteiger partial charge in [-0.1, -0.05) is 13.8 Å². The zero-order valence-corrected chi connectivity index (χ0v) is 12.5. The summed E-state index contributed by atoms with van der Waals surface area (Å²) in [7, 11) is -1.43. The van der Waals surface area contributed by atoms with E-state index in [1.165, 1.54) is 6.20 Å². The minimum atomic E-state index is -3.49. The number of imidazole rings is 1. The van der Waals surface area contributed by atoms with Crippen LogP contribution in [-0.4, -0.2) is 49.5 Å². The number of piperidine rings is 1. The zero-order chi connectivity index (χ0) is 14.0. The van der Waals surface area contributed by atoms with E-state index in [9.17, 15) is 8.42 Å². The average Bonchev–Trinajstić information content (AvgIpc) is 2.82. The first-order chi connectivity index (χ1) is 8.92. The van der Waals surface area contributed by atoms with Gasteiger partial charge in [0.05, 0.1) is 6.20 Å². The van der Waals surface area contributed by atoms with Gasteiger partial charge in [0.25, 0.3) is 10.0 Å². The Hall–Kier alpha value is -0.920. The molecule has 19 heavy (non-hydrogen) atoms. The molecule has 2 heterocycles. The third-order valence-corrected chi connectivity index (χ3v) is 5.04. The summed E-state index contributed by atoms with van der Waals surface area (Å²) in [6.07, 6.45) is 2.92. The third kappa shape index (κ3) is 3.34. The van der Waals surface area contributed by atoms with Crippen molar-refractivity contribution in [3.8, 4) is 0 Å². The Labute approximate surface area is 114 Å². The number of hydrogen-bond donors (Lipinski definition) is 2. The molecule has 1 saturated heterocycles. The number of aryl methyl sites for hydroxylation is 1. The van der Waals surface area contributed by atoms with E-state index in [4.69, 9.17) is 0 Å². The second-order valence-electron chi connectivity index (χ2n) is 5.30. The highest BCUT2D eigenvalue weighted by Crippen LogP contribution is 2.18. The molecule has 1 aromatic rings. The molecule has 2 atom stereocenters. The SMILES string of the molecule is CCc1ncc(S(=O)(=O)NC2CCN(C)CC2C)[nH]1. The van der Waals surface area contributed by atoms with Crippen molar-refractivity contribution in [2.75, 3.05) is 20.1 Å². The number of nitrogens with zero attached hydrogens (tertiary/aromatic N) is 2. The van der Waals surface area contributed by atoms with Crippen LogP contribution in [0.3, 0.4) is 0 Å². The van der Waals surface area contributed by atoms with Crippen LogP contribution in [0.4, 0.5) is 0 Å². The van der Waals surface area contributed by atoms with Gasteiger partial charge < -0.3 is 9.88 Å². The Bertz CT molecular complexity index is 526. The van der Waals surface area contributed by atoms with Gasteiger partial charge in [0.2, 0.25) is 0 Å². The number of hydrogen-bond acceptors (Lipinski definition) is 4. The summed E-state index contributed by atoms with van der Waals surface area (Å²) in [5.41, 5.74) is 0. The standard InChI is InChI=1S/C12H22N4O2S/c1-4-11-13-7-12(14-11)19(17,18)15-10-5-6-16(3)8-9(10)2/h7,9-10,15H,4-6,8H2,1-3H3,(H,13,14). The molecule has 0 aromatic carbocycles. The number of nitrogens with one attached hydrogen (secondary N) is 2. The molecule has 0 amide bonds. The first kappa shape index (κ1) is 14.5. The Kier molecular flexibility index (Phi) is 4.27. The molecule has 1 aliphatic rings. The molecule has 6 nitrogen and oxygen atoms in total. The van der Waals surface area contributed by atoms with Crippen LogP contribution in [0.1, 0.15) is 26.1 Å². The van der Waals surface area contributed by atoms with E-state index >= 15 is 0 Å². The van der Waals surface area contributed by atoms with Crippen molar-refractivity contribution >= 4 is 10.0 Å². The van der Waals surface area contributed by atoms with Gasteiger partial charge in [-0.3, -0.25) is 0 Å². The average molecular weight is 286 g/mol. The molecule has 1 aliphatic heterocycles. The molecule has 108 valence electrons. The van der Waals surface area contributed by atoms with Crippen LogP contribution in [0, 0.1) is 5.92 Å². The maximum atomic E-state index is 12.3. The summed E-state index contributed by atoms with van der Waals surface area (Å²) in [6.45, 7) is 5.84. The van der Waals surface area contributed by atoms with Gasteiger partial charge in [-0.2, -0.15) is 0 Å². The minimum absolute atomic E-state index is 0.00502. The fourth-order valence-electron chi connectivity index (χ4n) is 2.45. The lowest BCUT2D eigenvalue weighted by atomic mass is 9.95. The molecule has 2 unspecified atom stereocenters. The Morgan fingerprint density at radius 3 is 2.89 bits per heavy atom. The molecular formula is C12H22N4O2S. The number of H-pyrrole nitrogens is 1. The number of rotatable bonds is 4. The van der Waals surface area contributed by atoms with Gasteiger partial charge >= 0.3 is 0 Å². The van der Waals surface area contributed by atoms with E-state index in [2.05, 4.69) is 33.6 Å². The highest BCUT2D eigenvalue weighted by molar-refractivity contribution is 7.89. The molecule has 7 heteroatoms. The molecule has 0 radical (unpaired) electrons. The largest absolute Gasteiger partial charge is 0.332 e. The summed E-state index contributed by atoms with van der Waals surface area (Å²) < 4.78 is 27.3. The number of likely N-dealkylation sites (tertiary alicyclic amines) is 1. The molecule has 0 spiro atoms. The van der Waals surface area contributed by atoms with E-state index in [1.54, 1.807) is 0 Å². The fourth-order valence-corrected chi connectivity index (χ4v) is 3.77. The second-order valence-corrected chi connectivity index (χ2v) is 6.99. The molecule has 2 rings (SSSR count). The van der Waals surface area contributed by atoms with Gasteiger partial charge in [0.1, 0.15) is 5.82 Å². The lowest BCUT2D eigenvalue weighted by Crippen LogP contribution is -2.48. The van der Waals surface area contributed by atoms with Crippen molar-refractivity contribution in [1.29, 1.82) is 0 Å². The highest BCUT2D eigenvalue weighted by Gasteiger charge is 2.29. The predicted octanol–water partition coefficient (Wildman–Crippen LogP) is 0.591. The Morgan fingerprint density at radius 2 is 2.32 bits per heavy atom. The topological polar surface area (TPSA) is 78.1 Å². The third-order valence-electron chi connectivity index (χ3n) is 3.64. The summed E-state index contributed by atoms with van der Waals surface area (Å²) in [6, 6.07) is -0.00502. The molecular weight excluding hydrogens is 264 g/mol. The van der Waals surface area contributed by atoms with Crippen LogP contribution in [0.25, 0.3) is 0 Å². The zero-order valence-electron chi connectivity index (χ0n) is 11.7. The van der Waals surface area contributed by atoms with Gasteiger partial charge in [-0.25, -0.2) is 18.1 Å². The quantitative estimate of drug-likeness (QED) is 0.849. The van der Waals surface area contributed by atoms with E-state index in [1.807, 2.05) is 6.92 Å². The maximum absolute atomic E-state index is 12.3. The summed E-state index contributed by atoms with van der Waals surface area (Å²) in [5, 5.41) is 0.162. The molecule has 1 aromatic heterocycles. The van der Waals surface area contributed by atoms with E-state index in [0.717, 1.165) is 19.5 Å². The van der Waals surface area contributed by atoms with E-state index < -0.39 is 10.0 Å². The van der Waals surface area contributed by atoms with Gasteiger partial charge in [-0.15, -0.1) is 0 Å². The van der Waals surface area contributed by atoms with Crippen LogP contribution in [-0.2, 0) is 16.4 Å². The second kappa shape index (κ2) is 5.60. The van der Waals surface area contributed by atoms with Gasteiger partial charge in [0, 0.05) is 19.0 Å². The summed E-state index contributed by atoms with van der Waals surface area (Å²) >= 11 is 0. The lowest BCUT2D eigenvalue weighted by Gasteiger charge is -2.34. The molecule has 0 saturated carbocycles. The Morgan fingerprint density at radius 1 is 1.58 bits per heavy atom. The smallest absolute Gasteiger partial charge is 0.257 e. The number of aromatic amines is 1. The predicted molar refractivity (Wildman–Crippen MR) is 73.4 cm³/mol. The van der Waals surface area contributed by atoms with E-state index in [-0.39, 0.29) is 11.1 Å². The lowest BCUT2D eigenvalue weighted by molar-refractivity contribution is 0.188. The number of sulfonamides is 1. The normalized spacial score (nSPS) is 25.6. The van der Waals surface area contributed by atoms with Crippen molar-refractivity contribution in [2.24, 2.45) is 5.92 Å². The van der Waals surface area contributed by atoms with Gasteiger partial charge in [-0.05, 0) is 25.9 Å². The molecule has 1 fully saturated rings.